The molecule has 0 spiro atoms. The van der Waals surface area contributed by atoms with Crippen molar-refractivity contribution >= 4 is 11.7 Å². The normalized spacial score (nSPS) is 24.3. The summed E-state index contributed by atoms with van der Waals surface area (Å²) < 4.78 is 0. The lowest BCUT2D eigenvalue weighted by atomic mass is 10.1. The topological polar surface area (TPSA) is 78.6 Å². The van der Waals surface area contributed by atoms with E-state index in [4.69, 9.17) is 5.73 Å². The Balaban J connectivity index is 2.01. The third-order valence-electron chi connectivity index (χ3n) is 3.40. The van der Waals surface area contributed by atoms with Crippen LogP contribution in [0.3, 0.4) is 0 Å². The lowest BCUT2D eigenvalue weighted by Gasteiger charge is -2.19. The summed E-state index contributed by atoms with van der Waals surface area (Å²) in [5.74, 6) is 0. The number of nitrogens with one attached hydrogen (secondary N) is 1. The van der Waals surface area contributed by atoms with Crippen molar-refractivity contribution < 1.29 is 9.90 Å². The van der Waals surface area contributed by atoms with Crippen molar-refractivity contribution in [3.05, 3.63) is 29.8 Å². The summed E-state index contributed by atoms with van der Waals surface area (Å²) in [6.45, 7) is 4.59. The third-order valence-corrected chi connectivity index (χ3v) is 3.40. The van der Waals surface area contributed by atoms with Crippen LogP contribution in [0.2, 0.25) is 0 Å². The van der Waals surface area contributed by atoms with Gasteiger partial charge in [0, 0.05) is 18.3 Å². The number of hydrogen-bond acceptors (Lipinski definition) is 3. The Hall–Kier alpha value is -1.59. The van der Waals surface area contributed by atoms with Gasteiger partial charge in [0.25, 0.3) is 0 Å². The maximum absolute atomic E-state index is 12.1. The highest BCUT2D eigenvalue weighted by molar-refractivity contribution is 5.89. The smallest absolute Gasteiger partial charge is 0.321 e. The number of anilines is 1. The molecule has 0 radical (unpaired) electrons. The van der Waals surface area contributed by atoms with Crippen molar-refractivity contribution in [1.29, 1.82) is 0 Å². The molecule has 1 saturated heterocycles. The summed E-state index contributed by atoms with van der Waals surface area (Å²) in [4.78, 5) is 13.7. The van der Waals surface area contributed by atoms with Crippen LogP contribution < -0.4 is 11.1 Å². The molecule has 0 bridgehead atoms. The van der Waals surface area contributed by atoms with Gasteiger partial charge in [-0.25, -0.2) is 4.79 Å². The number of urea groups is 1. The number of benzene rings is 1. The Morgan fingerprint density at radius 3 is 2.89 bits per heavy atom. The maximum Gasteiger partial charge on any atom is 0.321 e. The second-order valence-electron chi connectivity index (χ2n) is 5.51. The molecule has 104 valence electrons. The highest BCUT2D eigenvalue weighted by atomic mass is 16.3. The molecule has 5 nitrogen and oxygen atoms in total. The number of rotatable bonds is 2. The molecule has 1 aliphatic rings. The number of amides is 2. The predicted octanol–water partition coefficient (Wildman–Crippen LogP) is 1.69. The molecule has 0 saturated carbocycles. The Kier molecular flexibility index (Phi) is 3.78. The summed E-state index contributed by atoms with van der Waals surface area (Å²) in [6.07, 6.45) is 0.611. The monoisotopic (exact) mass is 263 g/mol. The molecule has 1 aromatic rings. The fourth-order valence-corrected chi connectivity index (χ4v) is 2.22. The van der Waals surface area contributed by atoms with Gasteiger partial charge in [-0.05, 0) is 38.0 Å². The van der Waals surface area contributed by atoms with Crippen LogP contribution in [0.1, 0.15) is 31.9 Å². The van der Waals surface area contributed by atoms with E-state index in [0.29, 0.717) is 19.5 Å². The van der Waals surface area contributed by atoms with Crippen LogP contribution in [0, 0.1) is 0 Å². The molecular formula is C14H21N3O2. The second kappa shape index (κ2) is 5.19. The van der Waals surface area contributed by atoms with Crippen LogP contribution in [-0.4, -0.2) is 34.7 Å². The zero-order valence-corrected chi connectivity index (χ0v) is 11.4. The second-order valence-corrected chi connectivity index (χ2v) is 5.51. The van der Waals surface area contributed by atoms with Crippen LogP contribution in [0.25, 0.3) is 0 Å². The van der Waals surface area contributed by atoms with Gasteiger partial charge in [0.1, 0.15) is 0 Å². The Bertz CT molecular complexity index is 472. The molecule has 2 atom stereocenters. The Morgan fingerprint density at radius 2 is 2.32 bits per heavy atom. The zero-order chi connectivity index (χ0) is 14.0. The average molecular weight is 263 g/mol. The van der Waals surface area contributed by atoms with Crippen molar-refractivity contribution in [2.75, 3.05) is 18.4 Å². The molecule has 1 fully saturated rings. The van der Waals surface area contributed by atoms with E-state index in [1.165, 1.54) is 0 Å². The van der Waals surface area contributed by atoms with E-state index < -0.39 is 5.60 Å². The number of hydrogen-bond donors (Lipinski definition) is 3. The van der Waals surface area contributed by atoms with E-state index >= 15 is 0 Å². The third kappa shape index (κ3) is 3.45. The zero-order valence-electron chi connectivity index (χ0n) is 11.4. The van der Waals surface area contributed by atoms with Gasteiger partial charge < -0.3 is 21.1 Å². The van der Waals surface area contributed by atoms with Crippen molar-refractivity contribution in [3.63, 3.8) is 0 Å². The number of aliphatic hydroxyl groups is 1. The van der Waals surface area contributed by atoms with Gasteiger partial charge in [-0.1, -0.05) is 12.1 Å². The molecule has 1 aromatic carbocycles. The maximum atomic E-state index is 12.1. The van der Waals surface area contributed by atoms with Crippen LogP contribution in [0.5, 0.6) is 0 Å². The molecule has 4 N–H and O–H groups in total. The van der Waals surface area contributed by atoms with Gasteiger partial charge in [-0.2, -0.15) is 0 Å². The van der Waals surface area contributed by atoms with Crippen molar-refractivity contribution in [1.82, 2.24) is 4.90 Å². The van der Waals surface area contributed by atoms with E-state index in [1.54, 1.807) is 11.8 Å². The van der Waals surface area contributed by atoms with Crippen LogP contribution >= 0.6 is 0 Å². The first-order valence-electron chi connectivity index (χ1n) is 6.51. The lowest BCUT2D eigenvalue weighted by Crippen LogP contribution is -2.36. The van der Waals surface area contributed by atoms with E-state index in [9.17, 15) is 9.90 Å². The van der Waals surface area contributed by atoms with Crippen molar-refractivity contribution in [2.45, 2.75) is 31.9 Å². The van der Waals surface area contributed by atoms with Crippen molar-refractivity contribution in [3.8, 4) is 0 Å². The summed E-state index contributed by atoms with van der Waals surface area (Å²) in [7, 11) is 0. The summed E-state index contributed by atoms with van der Waals surface area (Å²) in [6, 6.07) is 7.26. The molecule has 0 aliphatic carbocycles. The Morgan fingerprint density at radius 1 is 1.58 bits per heavy atom. The molecule has 2 rings (SSSR count). The standard InChI is InChI=1S/C14H21N3O2/c1-10(15)11-4-3-5-12(8-11)16-13(18)17-7-6-14(2,19)9-17/h3-5,8,10,19H,6-7,9,15H2,1-2H3,(H,16,18). The Labute approximate surface area is 113 Å². The minimum atomic E-state index is -0.773. The molecule has 1 heterocycles. The molecule has 5 heteroatoms. The average Bonchev–Trinajstić information content (AvgIpc) is 2.70. The van der Waals surface area contributed by atoms with Crippen LogP contribution in [0.4, 0.5) is 10.5 Å². The minimum absolute atomic E-state index is 0.0654. The molecule has 2 amide bonds. The van der Waals surface area contributed by atoms with Gasteiger partial charge >= 0.3 is 6.03 Å². The highest BCUT2D eigenvalue weighted by Crippen LogP contribution is 2.22. The van der Waals surface area contributed by atoms with Crippen molar-refractivity contribution in [2.24, 2.45) is 5.73 Å². The van der Waals surface area contributed by atoms with E-state index in [-0.39, 0.29) is 12.1 Å². The lowest BCUT2D eigenvalue weighted by molar-refractivity contribution is 0.0727. The van der Waals surface area contributed by atoms with Gasteiger partial charge in [0.05, 0.1) is 12.1 Å². The van der Waals surface area contributed by atoms with Gasteiger partial charge in [0.2, 0.25) is 0 Å². The minimum Gasteiger partial charge on any atom is -0.388 e. The summed E-state index contributed by atoms with van der Waals surface area (Å²) in [5, 5.41) is 12.7. The number of carbonyl (C=O) groups excluding carboxylic acids is 1. The first kappa shape index (κ1) is 13.8. The number of nitrogens with zero attached hydrogens (tertiary/aromatic N) is 1. The van der Waals surface area contributed by atoms with E-state index in [1.807, 2.05) is 31.2 Å². The summed E-state index contributed by atoms with van der Waals surface area (Å²) in [5.41, 5.74) is 6.75. The molecule has 0 aromatic heterocycles. The van der Waals surface area contributed by atoms with E-state index in [0.717, 1.165) is 11.3 Å². The molecular weight excluding hydrogens is 242 g/mol. The van der Waals surface area contributed by atoms with Gasteiger partial charge in [0.15, 0.2) is 0 Å². The molecule has 2 unspecified atom stereocenters. The number of likely N-dealkylation sites (tertiary alicyclic amines) is 1. The fourth-order valence-electron chi connectivity index (χ4n) is 2.22. The fraction of sp³-hybridized carbons (Fsp3) is 0.500. The highest BCUT2D eigenvalue weighted by Gasteiger charge is 2.33. The van der Waals surface area contributed by atoms with Crippen LogP contribution in [-0.2, 0) is 0 Å². The quantitative estimate of drug-likeness (QED) is 0.760. The SMILES string of the molecule is CC(N)c1cccc(NC(=O)N2CCC(C)(O)C2)c1. The van der Waals surface area contributed by atoms with Gasteiger partial charge in [-0.15, -0.1) is 0 Å². The van der Waals surface area contributed by atoms with Gasteiger partial charge in [-0.3, -0.25) is 0 Å². The molecule has 1 aliphatic heterocycles. The number of carbonyl (C=O) groups is 1. The van der Waals surface area contributed by atoms with E-state index in [2.05, 4.69) is 5.32 Å². The van der Waals surface area contributed by atoms with Crippen LogP contribution in [0.15, 0.2) is 24.3 Å². The number of β-amino-alcohol motifs (C(OH)–C–C–N with tert-alkyl or cyclic N) is 1. The molecule has 19 heavy (non-hydrogen) atoms. The number of nitrogens with two attached hydrogens (primary N) is 1. The predicted molar refractivity (Wildman–Crippen MR) is 74.9 cm³/mol. The first-order valence-corrected chi connectivity index (χ1v) is 6.51. The summed E-state index contributed by atoms with van der Waals surface area (Å²) >= 11 is 0. The largest absolute Gasteiger partial charge is 0.388 e. The first-order chi connectivity index (χ1) is 8.87.